The molecule has 1 aromatic heterocycles. The van der Waals surface area contributed by atoms with Crippen LogP contribution in [0.25, 0.3) is 0 Å². The van der Waals surface area contributed by atoms with Crippen molar-refractivity contribution in [2.45, 2.75) is 0 Å². The standard InChI is InChI=1S/C10H8BrFN4O2/c1-15-3-2-10(14-15)13-8-5-7(12)6(11)4-9(8)16(17)18/h2-5H,1H3,(H,13,14). The first-order chi connectivity index (χ1) is 8.47. The van der Waals surface area contributed by atoms with Crippen LogP contribution in [0, 0.1) is 15.9 Å². The zero-order chi connectivity index (χ0) is 13.3. The second-order valence-corrected chi connectivity index (χ2v) is 4.39. The molecule has 8 heteroatoms. The summed E-state index contributed by atoms with van der Waals surface area (Å²) in [5.41, 5.74) is -0.173. The third-order valence-electron chi connectivity index (χ3n) is 2.21. The topological polar surface area (TPSA) is 73.0 Å². The zero-order valence-electron chi connectivity index (χ0n) is 9.22. The van der Waals surface area contributed by atoms with Crippen molar-refractivity contribution in [2.75, 3.05) is 5.32 Å². The van der Waals surface area contributed by atoms with Gasteiger partial charge in [-0.05, 0) is 15.9 Å². The van der Waals surface area contributed by atoms with E-state index in [1.807, 2.05) is 0 Å². The van der Waals surface area contributed by atoms with Crippen LogP contribution in [0.15, 0.2) is 28.9 Å². The monoisotopic (exact) mass is 314 g/mol. The van der Waals surface area contributed by atoms with Crippen molar-refractivity contribution in [1.82, 2.24) is 9.78 Å². The van der Waals surface area contributed by atoms with Crippen LogP contribution < -0.4 is 5.32 Å². The molecule has 0 radical (unpaired) electrons. The highest BCUT2D eigenvalue weighted by Crippen LogP contribution is 2.32. The average molecular weight is 315 g/mol. The van der Waals surface area contributed by atoms with Crippen molar-refractivity contribution < 1.29 is 9.31 Å². The van der Waals surface area contributed by atoms with E-state index in [0.29, 0.717) is 5.82 Å². The lowest BCUT2D eigenvalue weighted by Crippen LogP contribution is -1.99. The number of aromatic nitrogens is 2. The number of nitrogens with one attached hydrogen (secondary N) is 1. The van der Waals surface area contributed by atoms with E-state index in [2.05, 4.69) is 26.3 Å². The number of nitro benzene ring substituents is 1. The fraction of sp³-hybridized carbons (Fsp3) is 0.100. The molecule has 18 heavy (non-hydrogen) atoms. The van der Waals surface area contributed by atoms with Crippen molar-refractivity contribution in [3.8, 4) is 0 Å². The first kappa shape index (κ1) is 12.5. The van der Waals surface area contributed by atoms with Crippen LogP contribution in [0.3, 0.4) is 0 Å². The molecule has 1 aromatic carbocycles. The molecule has 1 heterocycles. The van der Waals surface area contributed by atoms with Gasteiger partial charge in [0.1, 0.15) is 11.5 Å². The maximum Gasteiger partial charge on any atom is 0.294 e. The van der Waals surface area contributed by atoms with Crippen molar-refractivity contribution >= 4 is 33.1 Å². The molecule has 0 fully saturated rings. The van der Waals surface area contributed by atoms with Crippen LogP contribution in [0.5, 0.6) is 0 Å². The summed E-state index contributed by atoms with van der Waals surface area (Å²) in [6, 6.07) is 3.79. The molecule has 6 nitrogen and oxygen atoms in total. The van der Waals surface area contributed by atoms with Crippen LogP contribution in [-0.4, -0.2) is 14.7 Å². The Labute approximate surface area is 110 Å². The quantitative estimate of drug-likeness (QED) is 0.698. The lowest BCUT2D eigenvalue weighted by atomic mass is 10.2. The molecule has 2 rings (SSSR count). The van der Waals surface area contributed by atoms with Gasteiger partial charge in [-0.1, -0.05) is 0 Å². The van der Waals surface area contributed by atoms with Gasteiger partial charge in [-0.3, -0.25) is 14.8 Å². The summed E-state index contributed by atoms with van der Waals surface area (Å²) in [6.07, 6.45) is 1.67. The Bertz CT molecular complexity index is 614. The number of aryl methyl sites for hydroxylation is 1. The number of hydrogen-bond donors (Lipinski definition) is 1. The minimum Gasteiger partial charge on any atom is -0.333 e. The number of halogens is 2. The van der Waals surface area contributed by atoms with Gasteiger partial charge in [0.25, 0.3) is 5.69 Å². The van der Waals surface area contributed by atoms with Gasteiger partial charge in [-0.15, -0.1) is 0 Å². The van der Waals surface area contributed by atoms with E-state index in [-0.39, 0.29) is 15.8 Å². The van der Waals surface area contributed by atoms with Gasteiger partial charge >= 0.3 is 0 Å². The zero-order valence-corrected chi connectivity index (χ0v) is 10.8. The van der Waals surface area contributed by atoms with Gasteiger partial charge in [-0.25, -0.2) is 4.39 Å². The van der Waals surface area contributed by atoms with Gasteiger partial charge in [0.15, 0.2) is 5.82 Å². The minimum atomic E-state index is -0.588. The summed E-state index contributed by atoms with van der Waals surface area (Å²) >= 11 is 2.91. The van der Waals surface area contributed by atoms with Crippen molar-refractivity contribution in [3.63, 3.8) is 0 Å². The van der Waals surface area contributed by atoms with Gasteiger partial charge in [0.2, 0.25) is 0 Å². The van der Waals surface area contributed by atoms with Crippen molar-refractivity contribution in [2.24, 2.45) is 7.05 Å². The van der Waals surface area contributed by atoms with Crippen LogP contribution in [-0.2, 0) is 7.05 Å². The summed E-state index contributed by atoms with van der Waals surface area (Å²) < 4.78 is 15.0. The van der Waals surface area contributed by atoms with Crippen LogP contribution in [0.4, 0.5) is 21.6 Å². The number of rotatable bonds is 3. The van der Waals surface area contributed by atoms with Crippen LogP contribution >= 0.6 is 15.9 Å². The van der Waals surface area contributed by atoms with Gasteiger partial charge in [0.05, 0.1) is 9.40 Å². The Morgan fingerprint density at radius 1 is 1.56 bits per heavy atom. The molecule has 94 valence electrons. The molecular weight excluding hydrogens is 307 g/mol. The molecule has 0 aliphatic rings. The molecule has 0 bridgehead atoms. The summed E-state index contributed by atoms with van der Waals surface area (Å²) in [5, 5.41) is 17.6. The lowest BCUT2D eigenvalue weighted by Gasteiger charge is -2.05. The number of nitrogens with zero attached hydrogens (tertiary/aromatic N) is 3. The van der Waals surface area contributed by atoms with Crippen molar-refractivity contribution in [1.29, 1.82) is 0 Å². The van der Waals surface area contributed by atoms with E-state index < -0.39 is 10.7 Å². The molecule has 0 atom stereocenters. The molecular formula is C10H8BrFN4O2. The fourth-order valence-corrected chi connectivity index (χ4v) is 1.74. The van der Waals surface area contributed by atoms with Crippen LogP contribution in [0.2, 0.25) is 0 Å². The highest BCUT2D eigenvalue weighted by Gasteiger charge is 2.18. The lowest BCUT2D eigenvalue weighted by molar-refractivity contribution is -0.384. The van der Waals surface area contributed by atoms with E-state index in [9.17, 15) is 14.5 Å². The third-order valence-corrected chi connectivity index (χ3v) is 2.82. The highest BCUT2D eigenvalue weighted by molar-refractivity contribution is 9.10. The Balaban J connectivity index is 2.42. The Kier molecular flexibility index (Phi) is 3.28. The Hall–Kier alpha value is -1.96. The number of benzene rings is 1. The molecule has 0 aliphatic heterocycles. The second kappa shape index (κ2) is 4.73. The molecule has 0 spiro atoms. The molecule has 1 N–H and O–H groups in total. The fourth-order valence-electron chi connectivity index (χ4n) is 1.41. The highest BCUT2D eigenvalue weighted by atomic mass is 79.9. The predicted octanol–water partition coefficient (Wildman–Crippen LogP) is 2.97. The summed E-state index contributed by atoms with van der Waals surface area (Å²) in [7, 11) is 1.71. The van der Waals surface area contributed by atoms with E-state index in [1.165, 1.54) is 4.68 Å². The van der Waals surface area contributed by atoms with Crippen molar-refractivity contribution in [3.05, 3.63) is 44.8 Å². The van der Waals surface area contributed by atoms with Gasteiger partial charge in [-0.2, -0.15) is 5.10 Å². The average Bonchev–Trinajstić information content (AvgIpc) is 2.68. The Morgan fingerprint density at radius 2 is 2.28 bits per heavy atom. The smallest absolute Gasteiger partial charge is 0.294 e. The SMILES string of the molecule is Cn1ccc(Nc2cc(F)c(Br)cc2[N+](=O)[O-])n1. The number of hydrogen-bond acceptors (Lipinski definition) is 4. The maximum absolute atomic E-state index is 13.4. The number of anilines is 2. The summed E-state index contributed by atoms with van der Waals surface area (Å²) in [6.45, 7) is 0. The van der Waals surface area contributed by atoms with Crippen LogP contribution in [0.1, 0.15) is 0 Å². The van der Waals surface area contributed by atoms with E-state index in [4.69, 9.17) is 0 Å². The summed E-state index contributed by atoms with van der Waals surface area (Å²) in [5.74, 6) is -0.179. The molecule has 0 unspecified atom stereocenters. The molecule has 0 aliphatic carbocycles. The molecule has 0 saturated carbocycles. The summed E-state index contributed by atoms with van der Waals surface area (Å²) in [4.78, 5) is 10.3. The first-order valence-corrected chi connectivity index (χ1v) is 5.67. The largest absolute Gasteiger partial charge is 0.333 e. The maximum atomic E-state index is 13.4. The third kappa shape index (κ3) is 2.48. The predicted molar refractivity (Wildman–Crippen MR) is 67.2 cm³/mol. The number of nitro groups is 1. The minimum absolute atomic E-state index is 0.0424. The molecule has 0 amide bonds. The Morgan fingerprint density at radius 3 is 2.83 bits per heavy atom. The van der Waals surface area contributed by atoms with Gasteiger partial charge < -0.3 is 5.32 Å². The van der Waals surface area contributed by atoms with E-state index in [0.717, 1.165) is 12.1 Å². The molecule has 2 aromatic rings. The normalized spacial score (nSPS) is 10.4. The van der Waals surface area contributed by atoms with Gasteiger partial charge in [0, 0.05) is 31.4 Å². The first-order valence-electron chi connectivity index (χ1n) is 4.87. The second-order valence-electron chi connectivity index (χ2n) is 3.54. The molecule has 0 saturated heterocycles. The van der Waals surface area contributed by atoms with E-state index >= 15 is 0 Å². The van der Waals surface area contributed by atoms with E-state index in [1.54, 1.807) is 19.3 Å².